The normalized spacial score (nSPS) is 10.2. The average Bonchev–Trinajstić information content (AvgIpc) is 2.40. The molecule has 0 spiro atoms. The molecule has 17 heavy (non-hydrogen) atoms. The van der Waals surface area contributed by atoms with Crippen LogP contribution in [0.25, 0.3) is 0 Å². The molecule has 0 aliphatic heterocycles. The van der Waals surface area contributed by atoms with E-state index >= 15 is 0 Å². The third-order valence-corrected chi connectivity index (χ3v) is 2.45. The molecular formula is C12H15N5. The van der Waals surface area contributed by atoms with Gasteiger partial charge in [-0.1, -0.05) is 0 Å². The highest BCUT2D eigenvalue weighted by molar-refractivity contribution is 5.57. The fourth-order valence-electron chi connectivity index (χ4n) is 1.52. The molecule has 0 aliphatic carbocycles. The van der Waals surface area contributed by atoms with E-state index in [4.69, 9.17) is 5.73 Å². The van der Waals surface area contributed by atoms with Crippen LogP contribution in [0, 0.1) is 0 Å². The molecule has 2 heterocycles. The van der Waals surface area contributed by atoms with Crippen molar-refractivity contribution >= 4 is 11.5 Å². The Morgan fingerprint density at radius 2 is 1.94 bits per heavy atom. The first kappa shape index (κ1) is 11.5. The molecule has 5 heteroatoms. The lowest BCUT2D eigenvalue weighted by Gasteiger charge is -2.18. The largest absolute Gasteiger partial charge is 0.330 e. The van der Waals surface area contributed by atoms with Gasteiger partial charge < -0.3 is 10.6 Å². The SMILES string of the molecule is CN(c1ccncc1)c1ccnc(CCN)n1. The van der Waals surface area contributed by atoms with Gasteiger partial charge in [-0.15, -0.1) is 0 Å². The number of pyridine rings is 1. The van der Waals surface area contributed by atoms with E-state index < -0.39 is 0 Å². The first-order valence-electron chi connectivity index (χ1n) is 5.47. The molecule has 5 nitrogen and oxygen atoms in total. The number of hydrogen-bond acceptors (Lipinski definition) is 5. The summed E-state index contributed by atoms with van der Waals surface area (Å²) in [5, 5.41) is 0. The molecule has 0 saturated heterocycles. The van der Waals surface area contributed by atoms with Gasteiger partial charge in [0.15, 0.2) is 0 Å². The molecule has 2 rings (SSSR count). The van der Waals surface area contributed by atoms with Crippen LogP contribution in [0.3, 0.4) is 0 Å². The molecule has 0 amide bonds. The summed E-state index contributed by atoms with van der Waals surface area (Å²) in [6, 6.07) is 5.75. The van der Waals surface area contributed by atoms with Crippen LogP contribution in [0.5, 0.6) is 0 Å². The minimum absolute atomic E-state index is 0.558. The molecule has 2 aromatic rings. The molecule has 2 aromatic heterocycles. The molecule has 88 valence electrons. The Bertz CT molecular complexity index is 471. The summed E-state index contributed by atoms with van der Waals surface area (Å²) in [6.45, 7) is 0.558. The van der Waals surface area contributed by atoms with Gasteiger partial charge in [-0.25, -0.2) is 9.97 Å². The van der Waals surface area contributed by atoms with Crippen LogP contribution in [0.15, 0.2) is 36.8 Å². The van der Waals surface area contributed by atoms with Crippen molar-refractivity contribution in [1.82, 2.24) is 15.0 Å². The Kier molecular flexibility index (Phi) is 3.62. The van der Waals surface area contributed by atoms with E-state index in [1.165, 1.54) is 0 Å². The second kappa shape index (κ2) is 5.36. The van der Waals surface area contributed by atoms with Gasteiger partial charge in [-0.2, -0.15) is 0 Å². The highest BCUT2D eigenvalue weighted by Crippen LogP contribution is 2.19. The Morgan fingerprint density at radius 3 is 2.65 bits per heavy atom. The second-order valence-corrected chi connectivity index (χ2v) is 3.63. The summed E-state index contributed by atoms with van der Waals surface area (Å²) < 4.78 is 0. The van der Waals surface area contributed by atoms with Crippen molar-refractivity contribution < 1.29 is 0 Å². The van der Waals surface area contributed by atoms with Crippen LogP contribution >= 0.6 is 0 Å². The fourth-order valence-corrected chi connectivity index (χ4v) is 1.52. The van der Waals surface area contributed by atoms with Gasteiger partial charge in [0.05, 0.1) is 0 Å². The van der Waals surface area contributed by atoms with Crippen LogP contribution in [-0.4, -0.2) is 28.5 Å². The fraction of sp³-hybridized carbons (Fsp3) is 0.250. The number of rotatable bonds is 4. The molecule has 0 saturated carbocycles. The van der Waals surface area contributed by atoms with Gasteiger partial charge >= 0.3 is 0 Å². The lowest BCUT2D eigenvalue weighted by molar-refractivity contribution is 0.862. The predicted octanol–water partition coefficient (Wildman–Crippen LogP) is 1.14. The van der Waals surface area contributed by atoms with Crippen molar-refractivity contribution in [1.29, 1.82) is 0 Å². The van der Waals surface area contributed by atoms with Gasteiger partial charge in [-0.3, -0.25) is 4.98 Å². The number of anilines is 2. The van der Waals surface area contributed by atoms with Gasteiger partial charge in [0, 0.05) is 37.7 Å². The van der Waals surface area contributed by atoms with Crippen molar-refractivity contribution in [3.8, 4) is 0 Å². The predicted molar refractivity (Wildman–Crippen MR) is 67.1 cm³/mol. The zero-order valence-electron chi connectivity index (χ0n) is 9.74. The monoisotopic (exact) mass is 229 g/mol. The molecule has 2 N–H and O–H groups in total. The van der Waals surface area contributed by atoms with Crippen LogP contribution < -0.4 is 10.6 Å². The first-order valence-corrected chi connectivity index (χ1v) is 5.47. The van der Waals surface area contributed by atoms with Crippen LogP contribution in [-0.2, 0) is 6.42 Å². The van der Waals surface area contributed by atoms with Gasteiger partial charge in [0.25, 0.3) is 0 Å². The van der Waals surface area contributed by atoms with Crippen molar-refractivity contribution in [3.63, 3.8) is 0 Å². The number of nitrogens with two attached hydrogens (primary N) is 1. The molecule has 0 aromatic carbocycles. The Morgan fingerprint density at radius 1 is 1.18 bits per heavy atom. The topological polar surface area (TPSA) is 67.9 Å². The van der Waals surface area contributed by atoms with Gasteiger partial charge in [0.1, 0.15) is 11.6 Å². The van der Waals surface area contributed by atoms with E-state index in [2.05, 4.69) is 15.0 Å². The van der Waals surface area contributed by atoms with E-state index in [1.807, 2.05) is 30.1 Å². The molecule has 0 radical (unpaired) electrons. The number of nitrogens with zero attached hydrogens (tertiary/aromatic N) is 4. The molecule has 0 bridgehead atoms. The summed E-state index contributed by atoms with van der Waals surface area (Å²) in [5.74, 6) is 1.63. The molecule has 0 unspecified atom stereocenters. The standard InChI is InChI=1S/C12H15N5/c1-17(10-3-7-14-8-4-10)12-5-9-15-11(16-12)2-6-13/h3-5,7-9H,2,6,13H2,1H3. The minimum atomic E-state index is 0.558. The zero-order valence-corrected chi connectivity index (χ0v) is 9.74. The minimum Gasteiger partial charge on any atom is -0.330 e. The summed E-state index contributed by atoms with van der Waals surface area (Å²) in [7, 11) is 1.96. The Balaban J connectivity index is 2.25. The third-order valence-electron chi connectivity index (χ3n) is 2.45. The average molecular weight is 229 g/mol. The van der Waals surface area contributed by atoms with Crippen molar-refractivity contribution in [3.05, 3.63) is 42.6 Å². The van der Waals surface area contributed by atoms with E-state index in [9.17, 15) is 0 Å². The van der Waals surface area contributed by atoms with Gasteiger partial charge in [-0.05, 0) is 24.7 Å². The van der Waals surface area contributed by atoms with Crippen LogP contribution in [0.2, 0.25) is 0 Å². The molecule has 0 aliphatic rings. The Hall–Kier alpha value is -2.01. The van der Waals surface area contributed by atoms with Crippen LogP contribution in [0.4, 0.5) is 11.5 Å². The highest BCUT2D eigenvalue weighted by Gasteiger charge is 2.06. The third kappa shape index (κ3) is 2.76. The van der Waals surface area contributed by atoms with Crippen LogP contribution in [0.1, 0.15) is 5.82 Å². The Labute approximate surface area is 100 Å². The van der Waals surface area contributed by atoms with Crippen molar-refractivity contribution in [2.24, 2.45) is 5.73 Å². The highest BCUT2D eigenvalue weighted by atomic mass is 15.2. The summed E-state index contributed by atoms with van der Waals surface area (Å²) in [4.78, 5) is 14.6. The first-order chi connectivity index (χ1) is 8.31. The zero-order chi connectivity index (χ0) is 12.1. The summed E-state index contributed by atoms with van der Waals surface area (Å²) in [5.41, 5.74) is 6.54. The summed E-state index contributed by atoms with van der Waals surface area (Å²) in [6.07, 6.45) is 5.96. The molecular weight excluding hydrogens is 214 g/mol. The maximum absolute atomic E-state index is 5.50. The number of aromatic nitrogens is 3. The smallest absolute Gasteiger partial charge is 0.136 e. The van der Waals surface area contributed by atoms with E-state index in [1.54, 1.807) is 18.6 Å². The lowest BCUT2D eigenvalue weighted by atomic mass is 10.3. The lowest BCUT2D eigenvalue weighted by Crippen LogP contribution is -2.14. The van der Waals surface area contributed by atoms with Crippen molar-refractivity contribution in [2.45, 2.75) is 6.42 Å². The quantitative estimate of drug-likeness (QED) is 0.851. The van der Waals surface area contributed by atoms with Crippen molar-refractivity contribution in [2.75, 3.05) is 18.5 Å². The van der Waals surface area contributed by atoms with E-state index in [0.29, 0.717) is 13.0 Å². The second-order valence-electron chi connectivity index (χ2n) is 3.63. The van der Waals surface area contributed by atoms with E-state index in [-0.39, 0.29) is 0 Å². The van der Waals surface area contributed by atoms with E-state index in [0.717, 1.165) is 17.3 Å². The summed E-state index contributed by atoms with van der Waals surface area (Å²) >= 11 is 0. The molecule has 0 fully saturated rings. The van der Waals surface area contributed by atoms with Gasteiger partial charge in [0.2, 0.25) is 0 Å². The maximum atomic E-state index is 5.50. The maximum Gasteiger partial charge on any atom is 0.136 e. The number of hydrogen-bond donors (Lipinski definition) is 1. The molecule has 0 atom stereocenters.